The van der Waals surface area contributed by atoms with Crippen molar-refractivity contribution in [1.29, 1.82) is 0 Å². The Hall–Kier alpha value is -0.570. The minimum Gasteiger partial charge on any atom is -0.378 e. The molecule has 3 nitrogen and oxygen atoms in total. The summed E-state index contributed by atoms with van der Waals surface area (Å²) in [6, 6.07) is 0.473. The highest BCUT2D eigenvalue weighted by Gasteiger charge is 2.63. The number of rotatable bonds is 4. The third-order valence-electron chi connectivity index (χ3n) is 10.1. The van der Waals surface area contributed by atoms with E-state index in [9.17, 15) is 4.79 Å². The summed E-state index contributed by atoms with van der Waals surface area (Å²) in [7, 11) is 2.07. The van der Waals surface area contributed by atoms with Gasteiger partial charge in [0.1, 0.15) is 0 Å². The molecule has 160 valence electrons. The maximum atomic E-state index is 12.3. The van der Waals surface area contributed by atoms with Crippen molar-refractivity contribution in [1.82, 2.24) is 4.90 Å². The minimum atomic E-state index is 0.332. The van der Waals surface area contributed by atoms with Gasteiger partial charge in [0.25, 0.3) is 0 Å². The summed E-state index contributed by atoms with van der Waals surface area (Å²) in [6.45, 7) is 13.1. The summed E-state index contributed by atoms with van der Waals surface area (Å²) in [5, 5.41) is 0. The lowest BCUT2D eigenvalue weighted by Crippen LogP contribution is -2.61. The van der Waals surface area contributed by atoms with Gasteiger partial charge < -0.3 is 9.64 Å². The summed E-state index contributed by atoms with van der Waals surface area (Å²) in [4.78, 5) is 14.5. The van der Waals surface area contributed by atoms with Gasteiger partial charge in [-0.1, -0.05) is 27.7 Å². The quantitative estimate of drug-likeness (QED) is 0.633. The average molecular weight is 390 g/mol. The van der Waals surface area contributed by atoms with Crippen LogP contribution in [0.1, 0.15) is 86.0 Å². The van der Waals surface area contributed by atoms with E-state index in [1.165, 1.54) is 32.1 Å². The zero-order chi connectivity index (χ0) is 20.3. The van der Waals surface area contributed by atoms with E-state index in [0.717, 1.165) is 49.5 Å². The summed E-state index contributed by atoms with van der Waals surface area (Å²) < 4.78 is 6.28. The molecule has 3 heteroatoms. The molecular formula is C25H43NO2. The van der Waals surface area contributed by atoms with E-state index >= 15 is 0 Å². The van der Waals surface area contributed by atoms with Gasteiger partial charge in [-0.05, 0) is 92.3 Å². The topological polar surface area (TPSA) is 29.5 Å². The Kier molecular flexibility index (Phi) is 5.39. The third kappa shape index (κ3) is 2.89. The van der Waals surface area contributed by atoms with E-state index in [1.54, 1.807) is 0 Å². The van der Waals surface area contributed by atoms with Crippen LogP contribution in [-0.4, -0.2) is 36.6 Å². The molecule has 28 heavy (non-hydrogen) atoms. The summed E-state index contributed by atoms with van der Waals surface area (Å²) in [5.41, 5.74) is 0.770. The van der Waals surface area contributed by atoms with E-state index < -0.39 is 0 Å². The third-order valence-corrected chi connectivity index (χ3v) is 10.1. The van der Waals surface area contributed by atoms with Crippen LogP contribution in [-0.2, 0) is 9.53 Å². The van der Waals surface area contributed by atoms with E-state index in [0.29, 0.717) is 34.8 Å². The fourth-order valence-electron chi connectivity index (χ4n) is 8.96. The van der Waals surface area contributed by atoms with Crippen LogP contribution in [0.4, 0.5) is 0 Å². The molecule has 0 N–H and O–H groups in total. The number of piperidine rings is 1. The molecule has 4 fully saturated rings. The SMILES string of the molecule is CCCO[C@H](C)[C@H]1[C@@H](C)C[C@H]2[C@@H]3CC[C@H]4N(C)C(=O)CC[C@]4(C)[C@H]3CC[C@]12C. The van der Waals surface area contributed by atoms with Crippen molar-refractivity contribution >= 4 is 5.91 Å². The lowest BCUT2D eigenvalue weighted by Gasteiger charge is -2.62. The Bertz CT molecular complexity index is 605. The minimum absolute atomic E-state index is 0.332. The molecule has 4 aliphatic rings. The van der Waals surface area contributed by atoms with Gasteiger partial charge in [0, 0.05) is 26.1 Å². The fraction of sp³-hybridized carbons (Fsp3) is 0.960. The lowest BCUT2D eigenvalue weighted by molar-refractivity contribution is -0.160. The largest absolute Gasteiger partial charge is 0.378 e. The van der Waals surface area contributed by atoms with E-state index in [-0.39, 0.29) is 0 Å². The second kappa shape index (κ2) is 7.29. The van der Waals surface area contributed by atoms with Gasteiger partial charge in [-0.2, -0.15) is 0 Å². The number of ether oxygens (including phenoxy) is 1. The van der Waals surface area contributed by atoms with Crippen molar-refractivity contribution in [2.24, 2.45) is 40.4 Å². The van der Waals surface area contributed by atoms with E-state index in [1.807, 2.05) is 0 Å². The molecule has 0 bridgehead atoms. The van der Waals surface area contributed by atoms with Crippen LogP contribution in [0.25, 0.3) is 0 Å². The molecule has 0 aromatic rings. The first-order valence-corrected chi connectivity index (χ1v) is 12.1. The molecule has 1 heterocycles. The van der Waals surface area contributed by atoms with Crippen molar-refractivity contribution in [3.8, 4) is 0 Å². The van der Waals surface area contributed by atoms with Crippen LogP contribution in [0.2, 0.25) is 0 Å². The standard InChI is InChI=1S/C25H43NO2/c1-7-14-28-17(3)23-16(2)15-20-18-8-9-21-24(4,13-11-22(27)26(21)6)19(18)10-12-25(20,23)5/h16-21,23H,7-15H2,1-6H3/t16-,17+,18+,19-,20-,21+,23+,24+,25-/m0/s1. The number of nitrogens with zero attached hydrogens (tertiary/aromatic N) is 1. The Morgan fingerprint density at radius 1 is 1.14 bits per heavy atom. The molecule has 1 amide bonds. The van der Waals surface area contributed by atoms with Crippen molar-refractivity contribution < 1.29 is 9.53 Å². The predicted octanol–water partition coefficient (Wildman–Crippen LogP) is 5.53. The molecular weight excluding hydrogens is 346 g/mol. The molecule has 1 aliphatic heterocycles. The van der Waals surface area contributed by atoms with Gasteiger partial charge in [0.05, 0.1) is 6.10 Å². The van der Waals surface area contributed by atoms with Gasteiger partial charge >= 0.3 is 0 Å². The Balaban J connectivity index is 1.58. The Labute approximate surface area is 173 Å². The van der Waals surface area contributed by atoms with Gasteiger partial charge in [-0.25, -0.2) is 0 Å². The Morgan fingerprint density at radius 3 is 2.61 bits per heavy atom. The summed E-state index contributed by atoms with van der Waals surface area (Å²) >= 11 is 0. The number of carbonyl (C=O) groups excluding carboxylic acids is 1. The molecule has 3 aliphatic carbocycles. The van der Waals surface area contributed by atoms with Crippen molar-refractivity contribution in [2.45, 2.75) is 98.1 Å². The first-order chi connectivity index (χ1) is 13.2. The van der Waals surface area contributed by atoms with Gasteiger partial charge in [0.2, 0.25) is 5.91 Å². The molecule has 4 rings (SSSR count). The average Bonchev–Trinajstić information content (AvgIpc) is 2.93. The second-order valence-electron chi connectivity index (χ2n) is 11.3. The highest BCUT2D eigenvalue weighted by Crippen LogP contribution is 2.67. The van der Waals surface area contributed by atoms with Gasteiger partial charge in [-0.3, -0.25) is 4.79 Å². The molecule has 0 aromatic carbocycles. The molecule has 3 saturated carbocycles. The van der Waals surface area contributed by atoms with Crippen molar-refractivity contribution in [3.05, 3.63) is 0 Å². The molecule has 0 radical (unpaired) electrons. The summed E-state index contributed by atoms with van der Waals surface area (Å²) in [6.07, 6.45) is 10.0. The molecule has 0 spiro atoms. The van der Waals surface area contributed by atoms with Crippen LogP contribution >= 0.6 is 0 Å². The van der Waals surface area contributed by atoms with Crippen LogP contribution < -0.4 is 0 Å². The number of amides is 1. The van der Waals surface area contributed by atoms with Crippen LogP contribution in [0, 0.1) is 40.4 Å². The van der Waals surface area contributed by atoms with Crippen molar-refractivity contribution in [2.75, 3.05) is 13.7 Å². The molecule has 0 unspecified atom stereocenters. The van der Waals surface area contributed by atoms with Gasteiger partial charge in [0.15, 0.2) is 0 Å². The van der Waals surface area contributed by atoms with Crippen LogP contribution in [0.5, 0.6) is 0 Å². The zero-order valence-corrected chi connectivity index (χ0v) is 19.2. The highest BCUT2D eigenvalue weighted by molar-refractivity contribution is 5.77. The summed E-state index contributed by atoms with van der Waals surface area (Å²) in [5.74, 6) is 4.34. The first kappa shape index (κ1) is 20.7. The fourth-order valence-corrected chi connectivity index (χ4v) is 8.96. The van der Waals surface area contributed by atoms with Crippen LogP contribution in [0.15, 0.2) is 0 Å². The monoisotopic (exact) mass is 389 g/mol. The number of hydrogen-bond acceptors (Lipinski definition) is 2. The Morgan fingerprint density at radius 2 is 1.89 bits per heavy atom. The molecule has 0 aromatic heterocycles. The predicted molar refractivity (Wildman–Crippen MR) is 114 cm³/mol. The molecule has 9 atom stereocenters. The van der Waals surface area contributed by atoms with Gasteiger partial charge in [-0.15, -0.1) is 0 Å². The zero-order valence-electron chi connectivity index (χ0n) is 19.2. The van der Waals surface area contributed by atoms with E-state index in [4.69, 9.17) is 4.74 Å². The lowest BCUT2D eigenvalue weighted by atomic mass is 9.46. The second-order valence-corrected chi connectivity index (χ2v) is 11.3. The molecule has 1 saturated heterocycles. The maximum Gasteiger partial charge on any atom is 0.222 e. The van der Waals surface area contributed by atoms with Crippen LogP contribution in [0.3, 0.4) is 0 Å². The first-order valence-electron chi connectivity index (χ1n) is 12.1. The normalized spacial score (nSPS) is 49.4. The number of hydrogen-bond donors (Lipinski definition) is 0. The highest BCUT2D eigenvalue weighted by atomic mass is 16.5. The smallest absolute Gasteiger partial charge is 0.222 e. The maximum absolute atomic E-state index is 12.3. The van der Waals surface area contributed by atoms with Crippen molar-refractivity contribution in [3.63, 3.8) is 0 Å². The number of fused-ring (bicyclic) bond motifs is 5. The van der Waals surface area contributed by atoms with E-state index in [2.05, 4.69) is 46.6 Å². The number of carbonyl (C=O) groups is 1. The number of likely N-dealkylation sites (tertiary alicyclic amines) is 1.